The number of ketones is 1. The van der Waals surface area contributed by atoms with Crippen molar-refractivity contribution in [3.05, 3.63) is 42.0 Å². The molecule has 2 N–H and O–H groups in total. The number of anilines is 1. The molecule has 0 unspecified atom stereocenters. The van der Waals surface area contributed by atoms with Gasteiger partial charge in [0.1, 0.15) is 6.04 Å². The molecule has 1 aliphatic rings. The zero-order valence-electron chi connectivity index (χ0n) is 15.8. The van der Waals surface area contributed by atoms with Gasteiger partial charge in [-0.2, -0.15) is 0 Å². The lowest BCUT2D eigenvalue weighted by Gasteiger charge is -2.21. The number of hydrogen-bond acceptors (Lipinski definition) is 5. The molecule has 1 heterocycles. The maximum atomic E-state index is 12.6. The summed E-state index contributed by atoms with van der Waals surface area (Å²) in [4.78, 5) is 60.3. The first-order valence-electron chi connectivity index (χ1n) is 8.84. The fourth-order valence-corrected chi connectivity index (χ4v) is 2.78. The van der Waals surface area contributed by atoms with E-state index in [0.717, 1.165) is 4.90 Å². The van der Waals surface area contributed by atoms with Crippen LogP contribution in [0, 0.1) is 11.8 Å². The van der Waals surface area contributed by atoms with Crippen LogP contribution in [-0.2, 0) is 19.2 Å². The van der Waals surface area contributed by atoms with E-state index in [0.29, 0.717) is 11.3 Å². The Bertz CT molecular complexity index is 823. The van der Waals surface area contributed by atoms with Crippen LogP contribution in [0.2, 0.25) is 0 Å². The Morgan fingerprint density at radius 3 is 2.00 bits per heavy atom. The minimum absolute atomic E-state index is 0.0850. The van der Waals surface area contributed by atoms with Crippen LogP contribution in [-0.4, -0.2) is 40.6 Å². The lowest BCUT2D eigenvalue weighted by atomic mass is 9.88. The average Bonchev–Trinajstić information content (AvgIpc) is 2.97. The van der Waals surface area contributed by atoms with E-state index >= 15 is 0 Å². The summed E-state index contributed by atoms with van der Waals surface area (Å²) in [6, 6.07) is 4.92. The molecule has 1 aliphatic heterocycles. The number of Topliss-reactive ketones (excluding diaryl/α,β-unsaturated/α-hetero) is 1. The fourth-order valence-electron chi connectivity index (χ4n) is 2.78. The largest absolute Gasteiger partial charge is 0.480 e. The SMILES string of the molecule is CC(C)[C@H](CC(=O)c1ccc(N2C(=O)C=CC2=O)cc1)C(=O)N[C@@H](C)C(=O)O. The summed E-state index contributed by atoms with van der Waals surface area (Å²) in [6.07, 6.45) is 2.26. The second-order valence-corrected chi connectivity index (χ2v) is 6.94. The first-order valence-corrected chi connectivity index (χ1v) is 8.84. The molecule has 0 saturated carbocycles. The summed E-state index contributed by atoms with van der Waals surface area (Å²) >= 11 is 0. The molecule has 0 aromatic heterocycles. The van der Waals surface area contributed by atoms with Crippen LogP contribution in [0.5, 0.6) is 0 Å². The highest BCUT2D eigenvalue weighted by Gasteiger charge is 2.29. The van der Waals surface area contributed by atoms with Gasteiger partial charge < -0.3 is 10.4 Å². The number of imide groups is 1. The van der Waals surface area contributed by atoms with Gasteiger partial charge in [0.15, 0.2) is 5.78 Å². The molecule has 0 bridgehead atoms. The number of nitrogens with zero attached hydrogens (tertiary/aromatic N) is 1. The number of hydrogen-bond donors (Lipinski definition) is 2. The van der Waals surface area contributed by atoms with Gasteiger partial charge in [-0.1, -0.05) is 13.8 Å². The Labute approximate surface area is 162 Å². The van der Waals surface area contributed by atoms with E-state index in [2.05, 4.69) is 5.32 Å². The van der Waals surface area contributed by atoms with Gasteiger partial charge in [-0.05, 0) is 37.1 Å². The maximum Gasteiger partial charge on any atom is 0.325 e. The Morgan fingerprint density at radius 1 is 1.00 bits per heavy atom. The van der Waals surface area contributed by atoms with Crippen molar-refractivity contribution in [2.75, 3.05) is 4.90 Å². The van der Waals surface area contributed by atoms with Crippen LogP contribution in [0.3, 0.4) is 0 Å². The summed E-state index contributed by atoms with van der Waals surface area (Å²) < 4.78 is 0. The van der Waals surface area contributed by atoms with Crippen molar-refractivity contribution in [2.45, 2.75) is 33.2 Å². The summed E-state index contributed by atoms with van der Waals surface area (Å²) in [6.45, 7) is 4.92. The molecule has 2 atom stereocenters. The van der Waals surface area contributed by atoms with Gasteiger partial charge in [-0.25, -0.2) is 4.90 Å². The Kier molecular flexibility index (Phi) is 6.45. The standard InChI is InChI=1S/C20H22N2O6/c1-11(2)15(19(26)21-12(3)20(27)28)10-16(23)13-4-6-14(7-5-13)22-17(24)8-9-18(22)25/h4-9,11-12,15H,10H2,1-3H3,(H,21,26)(H,27,28)/t12-,15-/m0/s1. The number of carbonyl (C=O) groups is 5. The highest BCUT2D eigenvalue weighted by Crippen LogP contribution is 2.22. The third kappa shape index (κ3) is 4.70. The van der Waals surface area contributed by atoms with Crippen LogP contribution in [0.15, 0.2) is 36.4 Å². The van der Waals surface area contributed by atoms with Crippen LogP contribution < -0.4 is 10.2 Å². The number of amides is 3. The molecular weight excluding hydrogens is 364 g/mol. The lowest BCUT2D eigenvalue weighted by Crippen LogP contribution is -2.43. The highest BCUT2D eigenvalue weighted by molar-refractivity contribution is 6.28. The number of nitrogens with one attached hydrogen (secondary N) is 1. The number of aliphatic carboxylic acids is 1. The minimum atomic E-state index is -1.15. The van der Waals surface area contributed by atoms with Gasteiger partial charge in [0, 0.05) is 30.1 Å². The summed E-state index contributed by atoms with van der Waals surface area (Å²) in [7, 11) is 0. The summed E-state index contributed by atoms with van der Waals surface area (Å²) in [5.41, 5.74) is 0.686. The van der Waals surface area contributed by atoms with E-state index in [4.69, 9.17) is 5.11 Å². The molecule has 1 aromatic rings. The highest BCUT2D eigenvalue weighted by atomic mass is 16.4. The Morgan fingerprint density at radius 2 is 1.54 bits per heavy atom. The molecule has 0 saturated heterocycles. The molecule has 0 spiro atoms. The number of benzene rings is 1. The van der Waals surface area contributed by atoms with Crippen molar-refractivity contribution in [1.82, 2.24) is 5.32 Å². The molecule has 2 rings (SSSR count). The minimum Gasteiger partial charge on any atom is -0.480 e. The van der Waals surface area contributed by atoms with Gasteiger partial charge >= 0.3 is 5.97 Å². The van der Waals surface area contributed by atoms with Crippen molar-refractivity contribution in [2.24, 2.45) is 11.8 Å². The van der Waals surface area contributed by atoms with Gasteiger partial charge in [0.25, 0.3) is 11.8 Å². The molecule has 1 aromatic carbocycles. The molecule has 8 heteroatoms. The van der Waals surface area contributed by atoms with Crippen molar-refractivity contribution in [3.8, 4) is 0 Å². The summed E-state index contributed by atoms with van der Waals surface area (Å²) in [5.74, 6) is -3.69. The molecule has 8 nitrogen and oxygen atoms in total. The van der Waals surface area contributed by atoms with E-state index in [1.807, 2.05) is 0 Å². The lowest BCUT2D eigenvalue weighted by molar-refractivity contribution is -0.142. The second-order valence-electron chi connectivity index (χ2n) is 6.94. The zero-order chi connectivity index (χ0) is 21.0. The number of carboxylic acid groups (broad SMARTS) is 1. The number of carbonyl (C=O) groups excluding carboxylic acids is 4. The van der Waals surface area contributed by atoms with Crippen LogP contribution in [0.4, 0.5) is 5.69 Å². The third-order valence-electron chi connectivity index (χ3n) is 4.53. The number of carboxylic acids is 1. The van der Waals surface area contributed by atoms with Crippen molar-refractivity contribution >= 4 is 35.2 Å². The van der Waals surface area contributed by atoms with E-state index in [1.165, 1.54) is 43.3 Å². The van der Waals surface area contributed by atoms with Crippen LogP contribution in [0.1, 0.15) is 37.6 Å². The molecular formula is C20H22N2O6. The monoisotopic (exact) mass is 386 g/mol. The van der Waals surface area contributed by atoms with E-state index in [9.17, 15) is 24.0 Å². The topological polar surface area (TPSA) is 121 Å². The van der Waals surface area contributed by atoms with Gasteiger partial charge in [0.2, 0.25) is 5.91 Å². The van der Waals surface area contributed by atoms with E-state index < -0.39 is 35.7 Å². The molecule has 28 heavy (non-hydrogen) atoms. The normalized spacial score (nSPS) is 15.6. The molecule has 148 valence electrons. The molecule has 0 fully saturated rings. The van der Waals surface area contributed by atoms with Gasteiger partial charge in [-0.15, -0.1) is 0 Å². The molecule has 0 aliphatic carbocycles. The second kappa shape index (κ2) is 8.60. The third-order valence-corrected chi connectivity index (χ3v) is 4.53. The van der Waals surface area contributed by atoms with E-state index in [1.54, 1.807) is 13.8 Å². The van der Waals surface area contributed by atoms with Gasteiger partial charge in [0.05, 0.1) is 5.69 Å². The Balaban J connectivity index is 2.09. The smallest absolute Gasteiger partial charge is 0.325 e. The van der Waals surface area contributed by atoms with Crippen molar-refractivity contribution < 1.29 is 29.1 Å². The Hall–Kier alpha value is -3.29. The van der Waals surface area contributed by atoms with Crippen molar-refractivity contribution in [3.63, 3.8) is 0 Å². The van der Waals surface area contributed by atoms with Crippen molar-refractivity contribution in [1.29, 1.82) is 0 Å². The predicted molar refractivity (Wildman–Crippen MR) is 101 cm³/mol. The maximum absolute atomic E-state index is 12.6. The van der Waals surface area contributed by atoms with Crippen LogP contribution >= 0.6 is 0 Å². The molecule has 3 amide bonds. The van der Waals surface area contributed by atoms with Crippen LogP contribution in [0.25, 0.3) is 0 Å². The quantitative estimate of drug-likeness (QED) is 0.516. The van der Waals surface area contributed by atoms with Gasteiger partial charge in [-0.3, -0.25) is 24.0 Å². The zero-order valence-corrected chi connectivity index (χ0v) is 15.8. The molecule has 0 radical (unpaired) electrons. The summed E-state index contributed by atoms with van der Waals surface area (Å²) in [5, 5.41) is 11.3. The average molecular weight is 386 g/mol. The predicted octanol–water partition coefficient (Wildman–Crippen LogP) is 1.55. The fraction of sp³-hybridized carbons (Fsp3) is 0.350. The van der Waals surface area contributed by atoms with E-state index in [-0.39, 0.29) is 18.1 Å². The first-order chi connectivity index (χ1) is 13.1. The number of rotatable bonds is 8. The first kappa shape index (κ1) is 21.0.